The Morgan fingerprint density at radius 1 is 1.58 bits per heavy atom. The summed E-state index contributed by atoms with van der Waals surface area (Å²) in [6.07, 6.45) is 7.83. The Morgan fingerprint density at radius 3 is 3.05 bits per heavy atom. The summed E-state index contributed by atoms with van der Waals surface area (Å²) in [7, 11) is 0. The van der Waals surface area contributed by atoms with Gasteiger partial charge in [0.25, 0.3) is 5.69 Å². The Morgan fingerprint density at radius 2 is 2.42 bits per heavy atom. The summed E-state index contributed by atoms with van der Waals surface area (Å²) in [6, 6.07) is 3.17. The predicted octanol–water partition coefficient (Wildman–Crippen LogP) is 2.77. The summed E-state index contributed by atoms with van der Waals surface area (Å²) in [6.45, 7) is 0.686. The van der Waals surface area contributed by atoms with Crippen molar-refractivity contribution in [2.45, 2.75) is 25.7 Å². The predicted molar refractivity (Wildman–Crippen MR) is 70.6 cm³/mol. The monoisotopic (exact) mass is 258 g/mol. The van der Waals surface area contributed by atoms with E-state index >= 15 is 0 Å². The molecule has 0 unspecified atom stereocenters. The van der Waals surface area contributed by atoms with Gasteiger partial charge in [-0.3, -0.25) is 10.1 Å². The van der Waals surface area contributed by atoms with Crippen molar-refractivity contribution in [3.8, 4) is 6.07 Å². The molecule has 0 spiro atoms. The molecule has 0 bridgehead atoms. The molecular weight excluding hydrogens is 244 g/mol. The van der Waals surface area contributed by atoms with E-state index < -0.39 is 4.92 Å². The van der Waals surface area contributed by atoms with Gasteiger partial charge in [-0.1, -0.05) is 11.6 Å². The quantitative estimate of drug-likeness (QED) is 0.498. The molecule has 0 amide bonds. The van der Waals surface area contributed by atoms with Crippen molar-refractivity contribution in [2.75, 3.05) is 11.9 Å². The number of allylic oxidation sites excluding steroid dienone is 1. The molecule has 0 saturated heterocycles. The van der Waals surface area contributed by atoms with Gasteiger partial charge >= 0.3 is 0 Å². The molecule has 2 rings (SSSR count). The number of nitrogens with one attached hydrogen (secondary N) is 1. The first-order valence-corrected chi connectivity index (χ1v) is 6.17. The van der Waals surface area contributed by atoms with Crippen LogP contribution in [-0.4, -0.2) is 16.5 Å². The number of hydrogen-bond acceptors (Lipinski definition) is 5. The van der Waals surface area contributed by atoms with Crippen LogP contribution in [0, 0.1) is 21.4 Å². The van der Waals surface area contributed by atoms with Crippen molar-refractivity contribution in [1.82, 2.24) is 4.98 Å². The Labute approximate surface area is 110 Å². The maximum atomic E-state index is 10.6. The molecule has 1 heterocycles. The van der Waals surface area contributed by atoms with E-state index in [0.29, 0.717) is 12.4 Å². The van der Waals surface area contributed by atoms with Crippen LogP contribution in [0.4, 0.5) is 11.5 Å². The molecule has 98 valence electrons. The highest BCUT2D eigenvalue weighted by Crippen LogP contribution is 2.21. The van der Waals surface area contributed by atoms with Gasteiger partial charge in [-0.25, -0.2) is 4.98 Å². The summed E-state index contributed by atoms with van der Waals surface area (Å²) in [5.41, 5.74) is 1.46. The maximum Gasteiger partial charge on any atom is 0.289 e. The normalized spacial score (nSPS) is 13.7. The molecule has 19 heavy (non-hydrogen) atoms. The minimum absolute atomic E-state index is 0.166. The summed E-state index contributed by atoms with van der Waals surface area (Å²) >= 11 is 0. The molecule has 0 atom stereocenters. The number of hydrogen-bond donors (Lipinski definition) is 1. The van der Waals surface area contributed by atoms with Crippen LogP contribution in [0.5, 0.6) is 0 Å². The number of pyridine rings is 1. The van der Waals surface area contributed by atoms with E-state index in [1.165, 1.54) is 18.1 Å². The van der Waals surface area contributed by atoms with Crippen molar-refractivity contribution in [3.05, 3.63) is 39.6 Å². The minimum Gasteiger partial charge on any atom is -0.369 e. The lowest BCUT2D eigenvalue weighted by atomic mass is 10.1. The Kier molecular flexibility index (Phi) is 4.08. The zero-order valence-electron chi connectivity index (χ0n) is 10.4. The summed E-state index contributed by atoms with van der Waals surface area (Å²) < 4.78 is 0. The standard InChI is InChI=1S/C13H14N4O2/c14-8-11-7-12(17(18)19)9-16-13(11)15-6-5-10-3-1-2-4-10/h3,7,9H,1-2,4-6H2,(H,15,16). The van der Waals surface area contributed by atoms with Gasteiger partial charge in [0.2, 0.25) is 0 Å². The lowest BCUT2D eigenvalue weighted by molar-refractivity contribution is -0.385. The first-order valence-electron chi connectivity index (χ1n) is 6.17. The fourth-order valence-electron chi connectivity index (χ4n) is 2.09. The van der Waals surface area contributed by atoms with Crippen LogP contribution in [0.1, 0.15) is 31.2 Å². The van der Waals surface area contributed by atoms with Crippen LogP contribution in [0.25, 0.3) is 0 Å². The van der Waals surface area contributed by atoms with Gasteiger partial charge in [0, 0.05) is 12.6 Å². The zero-order chi connectivity index (χ0) is 13.7. The molecule has 1 aromatic heterocycles. The fraction of sp³-hybridized carbons (Fsp3) is 0.385. The summed E-state index contributed by atoms with van der Waals surface area (Å²) in [5, 5.41) is 22.6. The molecule has 6 nitrogen and oxygen atoms in total. The van der Waals surface area contributed by atoms with Gasteiger partial charge in [0.15, 0.2) is 0 Å². The van der Waals surface area contributed by atoms with E-state index in [2.05, 4.69) is 16.4 Å². The second-order valence-corrected chi connectivity index (χ2v) is 4.39. The van der Waals surface area contributed by atoms with Gasteiger partial charge < -0.3 is 5.32 Å². The highest BCUT2D eigenvalue weighted by Gasteiger charge is 2.12. The van der Waals surface area contributed by atoms with E-state index in [9.17, 15) is 10.1 Å². The molecule has 0 saturated carbocycles. The number of nitrogens with zero attached hydrogens (tertiary/aromatic N) is 3. The molecule has 1 aliphatic carbocycles. The zero-order valence-corrected chi connectivity index (χ0v) is 10.4. The number of nitro groups is 1. The van der Waals surface area contributed by atoms with Gasteiger partial charge in [0.05, 0.1) is 4.92 Å². The molecule has 0 fully saturated rings. The number of rotatable bonds is 5. The smallest absolute Gasteiger partial charge is 0.289 e. The van der Waals surface area contributed by atoms with E-state index in [1.54, 1.807) is 0 Å². The average Bonchev–Trinajstić information content (AvgIpc) is 2.92. The van der Waals surface area contributed by atoms with Gasteiger partial charge in [-0.15, -0.1) is 0 Å². The Balaban J connectivity index is 1.99. The minimum atomic E-state index is -0.555. The van der Waals surface area contributed by atoms with E-state index in [0.717, 1.165) is 25.5 Å². The van der Waals surface area contributed by atoms with Crippen molar-refractivity contribution < 1.29 is 4.92 Å². The van der Waals surface area contributed by atoms with Gasteiger partial charge in [-0.05, 0) is 25.7 Å². The van der Waals surface area contributed by atoms with Crippen molar-refractivity contribution in [3.63, 3.8) is 0 Å². The van der Waals surface area contributed by atoms with Crippen molar-refractivity contribution in [1.29, 1.82) is 5.26 Å². The number of aromatic nitrogens is 1. The van der Waals surface area contributed by atoms with Crippen LogP contribution in [0.3, 0.4) is 0 Å². The Bertz CT molecular complexity index is 560. The fourth-order valence-corrected chi connectivity index (χ4v) is 2.09. The molecular formula is C13H14N4O2. The van der Waals surface area contributed by atoms with E-state index in [1.807, 2.05) is 6.07 Å². The molecule has 0 radical (unpaired) electrons. The average molecular weight is 258 g/mol. The summed E-state index contributed by atoms with van der Waals surface area (Å²) in [4.78, 5) is 14.0. The number of nitriles is 1. The SMILES string of the molecule is N#Cc1cc([N+](=O)[O-])cnc1NCCC1=CCCC1. The third-order valence-electron chi connectivity index (χ3n) is 3.08. The lowest BCUT2D eigenvalue weighted by Gasteiger charge is -2.07. The summed E-state index contributed by atoms with van der Waals surface area (Å²) in [5.74, 6) is 0.409. The van der Waals surface area contributed by atoms with Crippen LogP contribution in [0.2, 0.25) is 0 Å². The molecule has 1 aromatic rings. The van der Waals surface area contributed by atoms with Crippen molar-refractivity contribution in [2.24, 2.45) is 0 Å². The largest absolute Gasteiger partial charge is 0.369 e. The van der Waals surface area contributed by atoms with Crippen LogP contribution >= 0.6 is 0 Å². The van der Waals surface area contributed by atoms with Gasteiger partial charge in [-0.2, -0.15) is 5.26 Å². The van der Waals surface area contributed by atoms with E-state index in [-0.39, 0.29) is 11.3 Å². The second kappa shape index (κ2) is 5.96. The molecule has 6 heteroatoms. The second-order valence-electron chi connectivity index (χ2n) is 4.39. The third kappa shape index (κ3) is 3.28. The highest BCUT2D eigenvalue weighted by molar-refractivity contribution is 5.55. The molecule has 0 aliphatic heterocycles. The van der Waals surface area contributed by atoms with Crippen LogP contribution in [-0.2, 0) is 0 Å². The van der Waals surface area contributed by atoms with Crippen LogP contribution < -0.4 is 5.32 Å². The first kappa shape index (κ1) is 13.0. The number of anilines is 1. The Hall–Kier alpha value is -2.42. The van der Waals surface area contributed by atoms with Crippen LogP contribution in [0.15, 0.2) is 23.9 Å². The topological polar surface area (TPSA) is 91.8 Å². The molecule has 1 aliphatic rings. The lowest BCUT2D eigenvalue weighted by Crippen LogP contribution is -2.06. The highest BCUT2D eigenvalue weighted by atomic mass is 16.6. The van der Waals surface area contributed by atoms with E-state index in [4.69, 9.17) is 5.26 Å². The third-order valence-corrected chi connectivity index (χ3v) is 3.08. The maximum absolute atomic E-state index is 10.6. The molecule has 1 N–H and O–H groups in total. The van der Waals surface area contributed by atoms with Crippen molar-refractivity contribution >= 4 is 11.5 Å². The van der Waals surface area contributed by atoms with Gasteiger partial charge in [0.1, 0.15) is 23.6 Å². The molecule has 0 aromatic carbocycles. The first-order chi connectivity index (χ1) is 9.20.